The van der Waals surface area contributed by atoms with Crippen molar-refractivity contribution in [3.05, 3.63) is 47.5 Å². The van der Waals surface area contributed by atoms with Crippen LogP contribution in [0.2, 0.25) is 0 Å². The highest BCUT2D eigenvalue weighted by Crippen LogP contribution is 2.02. The average molecular weight is 296 g/mol. The van der Waals surface area contributed by atoms with E-state index in [9.17, 15) is 4.79 Å². The number of carbonyl (C=O) groups excluding carboxylic acids is 1. The summed E-state index contributed by atoms with van der Waals surface area (Å²) in [5, 5.41) is 6.94. The largest absolute Gasteiger partial charge is 0.352 e. The highest BCUT2D eigenvalue weighted by molar-refractivity contribution is 5.94. The fourth-order valence-corrected chi connectivity index (χ4v) is 1.75. The maximum Gasteiger partial charge on any atom is 0.251 e. The number of rotatable bonds is 5. The van der Waals surface area contributed by atoms with Gasteiger partial charge in [-0.1, -0.05) is 0 Å². The molecule has 0 aliphatic heterocycles. The van der Waals surface area contributed by atoms with Gasteiger partial charge >= 0.3 is 0 Å². The number of nitrogens with two attached hydrogens (primary N) is 1. The molecule has 0 atom stereocenters. The number of nitrogens with one attached hydrogen (secondary N) is 1. The van der Waals surface area contributed by atoms with Crippen molar-refractivity contribution >= 4 is 18.3 Å². The standard InChI is InChI=1S/C13H17N5O.ClH/c1-18-9-10(8-17-18)2-4-16-13(19)11-3-5-15-12(6-11)7-14;/h3,5-6,8-9H,2,4,7,14H2,1H3,(H,16,19);1H. The summed E-state index contributed by atoms with van der Waals surface area (Å²) >= 11 is 0. The predicted molar refractivity (Wildman–Crippen MR) is 78.6 cm³/mol. The van der Waals surface area contributed by atoms with Gasteiger partial charge in [0.2, 0.25) is 0 Å². The van der Waals surface area contributed by atoms with Gasteiger partial charge in [-0.05, 0) is 24.1 Å². The third-order valence-electron chi connectivity index (χ3n) is 2.75. The molecule has 108 valence electrons. The summed E-state index contributed by atoms with van der Waals surface area (Å²) in [7, 11) is 1.87. The Morgan fingerprint density at radius 2 is 2.30 bits per heavy atom. The first-order chi connectivity index (χ1) is 9.19. The van der Waals surface area contributed by atoms with Gasteiger partial charge in [0.25, 0.3) is 5.91 Å². The van der Waals surface area contributed by atoms with Gasteiger partial charge in [-0.3, -0.25) is 14.5 Å². The zero-order valence-electron chi connectivity index (χ0n) is 11.2. The Labute approximate surface area is 123 Å². The van der Waals surface area contributed by atoms with Crippen LogP contribution in [0.15, 0.2) is 30.7 Å². The third kappa shape index (κ3) is 4.32. The number of aromatic nitrogens is 3. The molecule has 2 aromatic heterocycles. The summed E-state index contributed by atoms with van der Waals surface area (Å²) in [6.45, 7) is 0.904. The fraction of sp³-hybridized carbons (Fsp3) is 0.308. The Hall–Kier alpha value is -1.92. The Balaban J connectivity index is 0.00000200. The van der Waals surface area contributed by atoms with Gasteiger partial charge in [0.05, 0.1) is 11.9 Å². The van der Waals surface area contributed by atoms with Crippen LogP contribution in [0.3, 0.4) is 0 Å². The molecule has 0 aromatic carbocycles. The molecule has 0 spiro atoms. The molecule has 0 fully saturated rings. The van der Waals surface area contributed by atoms with Crippen LogP contribution in [-0.2, 0) is 20.0 Å². The Kier molecular flexibility index (Phi) is 6.14. The molecule has 0 bridgehead atoms. The summed E-state index contributed by atoms with van der Waals surface area (Å²) in [5.41, 5.74) is 7.88. The lowest BCUT2D eigenvalue weighted by Gasteiger charge is -2.05. The molecule has 2 rings (SSSR count). The van der Waals surface area contributed by atoms with Crippen LogP contribution in [0, 0.1) is 0 Å². The molecule has 7 heteroatoms. The lowest BCUT2D eigenvalue weighted by molar-refractivity contribution is 0.0954. The monoisotopic (exact) mass is 295 g/mol. The van der Waals surface area contributed by atoms with Crippen molar-refractivity contribution in [2.75, 3.05) is 6.54 Å². The van der Waals surface area contributed by atoms with E-state index in [1.54, 1.807) is 29.2 Å². The number of halogens is 1. The SMILES string of the molecule is Cl.Cn1cc(CCNC(=O)c2ccnc(CN)c2)cn1. The molecule has 2 aromatic rings. The van der Waals surface area contributed by atoms with Crippen LogP contribution in [0.5, 0.6) is 0 Å². The molecule has 0 saturated carbocycles. The van der Waals surface area contributed by atoms with Crippen LogP contribution in [-0.4, -0.2) is 27.2 Å². The molecule has 2 heterocycles. The van der Waals surface area contributed by atoms with Crippen molar-refractivity contribution in [3.63, 3.8) is 0 Å². The fourth-order valence-electron chi connectivity index (χ4n) is 1.75. The third-order valence-corrected chi connectivity index (χ3v) is 2.75. The minimum atomic E-state index is -0.110. The molecule has 1 amide bonds. The topological polar surface area (TPSA) is 85.8 Å². The first kappa shape index (κ1) is 16.1. The van der Waals surface area contributed by atoms with Gasteiger partial charge in [0.1, 0.15) is 0 Å². The van der Waals surface area contributed by atoms with Crippen molar-refractivity contribution < 1.29 is 4.79 Å². The van der Waals surface area contributed by atoms with Crippen LogP contribution in [0.1, 0.15) is 21.6 Å². The Morgan fingerprint density at radius 1 is 1.50 bits per heavy atom. The van der Waals surface area contributed by atoms with Crippen molar-refractivity contribution in [1.82, 2.24) is 20.1 Å². The molecule has 0 saturated heterocycles. The van der Waals surface area contributed by atoms with E-state index < -0.39 is 0 Å². The second kappa shape index (κ2) is 7.62. The number of hydrogen-bond acceptors (Lipinski definition) is 4. The molecule has 20 heavy (non-hydrogen) atoms. The predicted octanol–water partition coefficient (Wildman–Crippen LogP) is 0.668. The maximum atomic E-state index is 11.9. The smallest absolute Gasteiger partial charge is 0.251 e. The molecule has 6 nitrogen and oxygen atoms in total. The van der Waals surface area contributed by atoms with Gasteiger partial charge in [0, 0.05) is 38.1 Å². The minimum absolute atomic E-state index is 0. The number of amides is 1. The average Bonchev–Trinajstić information content (AvgIpc) is 2.84. The van der Waals surface area contributed by atoms with Gasteiger partial charge in [0.15, 0.2) is 0 Å². The zero-order valence-corrected chi connectivity index (χ0v) is 12.1. The van der Waals surface area contributed by atoms with Gasteiger partial charge in [-0.2, -0.15) is 5.10 Å². The first-order valence-corrected chi connectivity index (χ1v) is 6.10. The van der Waals surface area contributed by atoms with Gasteiger partial charge < -0.3 is 11.1 Å². The van der Waals surface area contributed by atoms with E-state index in [0.717, 1.165) is 12.0 Å². The van der Waals surface area contributed by atoms with E-state index in [1.165, 1.54) is 0 Å². The highest BCUT2D eigenvalue weighted by Gasteiger charge is 2.06. The van der Waals surface area contributed by atoms with Crippen LogP contribution in [0.25, 0.3) is 0 Å². The molecule has 0 radical (unpaired) electrons. The summed E-state index contributed by atoms with van der Waals surface area (Å²) in [6.07, 6.45) is 6.09. The second-order valence-electron chi connectivity index (χ2n) is 4.27. The molecule has 0 unspecified atom stereocenters. The molecule has 0 aliphatic rings. The lowest BCUT2D eigenvalue weighted by atomic mass is 10.2. The van der Waals surface area contributed by atoms with Crippen LogP contribution >= 0.6 is 12.4 Å². The Morgan fingerprint density at radius 3 is 2.95 bits per heavy atom. The minimum Gasteiger partial charge on any atom is -0.352 e. The van der Waals surface area contributed by atoms with Crippen molar-refractivity contribution in [1.29, 1.82) is 0 Å². The van der Waals surface area contributed by atoms with Crippen LogP contribution < -0.4 is 11.1 Å². The van der Waals surface area contributed by atoms with Crippen LogP contribution in [0.4, 0.5) is 0 Å². The number of pyridine rings is 1. The van der Waals surface area contributed by atoms with Gasteiger partial charge in [-0.15, -0.1) is 12.4 Å². The van der Waals surface area contributed by atoms with Crippen molar-refractivity contribution in [2.24, 2.45) is 12.8 Å². The summed E-state index contributed by atoms with van der Waals surface area (Å²) in [4.78, 5) is 16.0. The van der Waals surface area contributed by atoms with Gasteiger partial charge in [-0.25, -0.2) is 0 Å². The first-order valence-electron chi connectivity index (χ1n) is 6.10. The van der Waals surface area contributed by atoms with E-state index in [0.29, 0.717) is 24.3 Å². The zero-order chi connectivity index (χ0) is 13.7. The van der Waals surface area contributed by atoms with E-state index in [4.69, 9.17) is 5.73 Å². The summed E-state index contributed by atoms with van der Waals surface area (Å²) in [5.74, 6) is -0.110. The van der Waals surface area contributed by atoms with Crippen molar-refractivity contribution in [2.45, 2.75) is 13.0 Å². The lowest BCUT2D eigenvalue weighted by Crippen LogP contribution is -2.25. The van der Waals surface area contributed by atoms with E-state index in [-0.39, 0.29) is 18.3 Å². The number of nitrogens with zero attached hydrogens (tertiary/aromatic N) is 3. The normalized spacial score (nSPS) is 9.90. The molecular formula is C13H18ClN5O. The summed E-state index contributed by atoms with van der Waals surface area (Å²) < 4.78 is 1.74. The quantitative estimate of drug-likeness (QED) is 0.849. The highest BCUT2D eigenvalue weighted by atomic mass is 35.5. The molecule has 3 N–H and O–H groups in total. The number of hydrogen-bond donors (Lipinski definition) is 2. The summed E-state index contributed by atoms with van der Waals surface area (Å²) in [6, 6.07) is 3.39. The molecular weight excluding hydrogens is 278 g/mol. The second-order valence-corrected chi connectivity index (χ2v) is 4.27. The molecule has 0 aliphatic carbocycles. The number of aryl methyl sites for hydroxylation is 1. The maximum absolute atomic E-state index is 11.9. The van der Waals surface area contributed by atoms with E-state index in [2.05, 4.69) is 15.4 Å². The van der Waals surface area contributed by atoms with E-state index >= 15 is 0 Å². The van der Waals surface area contributed by atoms with E-state index in [1.807, 2.05) is 13.2 Å². The Bertz CT molecular complexity index is 569. The number of carbonyl (C=O) groups is 1. The van der Waals surface area contributed by atoms with Crippen molar-refractivity contribution in [3.8, 4) is 0 Å².